The monoisotopic (exact) mass is 603 g/mol. The highest BCUT2D eigenvalue weighted by atomic mass is 28.3. The molecular formula is C42H25NO2Si. The Kier molecular flexibility index (Phi) is 5.22. The molecule has 1 aliphatic rings. The fourth-order valence-electron chi connectivity index (χ4n) is 7.74. The fourth-order valence-corrected chi connectivity index (χ4v) is 12.6. The minimum absolute atomic E-state index is 0.888. The van der Waals surface area contributed by atoms with Crippen LogP contribution in [-0.4, -0.2) is 12.6 Å². The smallest absolute Gasteiger partial charge is 0.188 e. The number of aromatic nitrogens is 1. The molecule has 9 aromatic rings. The molecule has 0 spiro atoms. The summed E-state index contributed by atoms with van der Waals surface area (Å²) in [4.78, 5) is 0. The zero-order valence-corrected chi connectivity index (χ0v) is 25.7. The van der Waals surface area contributed by atoms with Crippen LogP contribution in [0.4, 0.5) is 0 Å². The first kappa shape index (κ1) is 25.3. The topological polar surface area (TPSA) is 27.3 Å². The Morgan fingerprint density at radius 3 is 2.22 bits per heavy atom. The van der Waals surface area contributed by atoms with Crippen LogP contribution in [0.2, 0.25) is 0 Å². The number of ether oxygens (including phenoxy) is 1. The molecule has 1 unspecified atom stereocenters. The lowest BCUT2D eigenvalue weighted by molar-refractivity contribution is 0.493. The number of hydrogen-bond donors (Lipinski definition) is 0. The van der Waals surface area contributed by atoms with E-state index < -0.39 is 8.07 Å². The molecule has 0 saturated carbocycles. The van der Waals surface area contributed by atoms with E-state index in [4.69, 9.17) is 9.15 Å². The Morgan fingerprint density at radius 1 is 0.543 bits per heavy atom. The van der Waals surface area contributed by atoms with Crippen molar-refractivity contribution < 1.29 is 9.15 Å². The third-order valence-corrected chi connectivity index (χ3v) is 14.4. The number of nitrogens with zero attached hydrogens (tertiary/aromatic N) is 1. The van der Waals surface area contributed by atoms with E-state index in [-0.39, 0.29) is 0 Å². The molecule has 4 heteroatoms. The predicted molar refractivity (Wildman–Crippen MR) is 189 cm³/mol. The normalized spacial score (nSPS) is 13.4. The van der Waals surface area contributed by atoms with Gasteiger partial charge in [-0.15, -0.1) is 0 Å². The van der Waals surface area contributed by atoms with Gasteiger partial charge in [0.05, 0.1) is 16.4 Å². The molecule has 0 fully saturated rings. The molecule has 3 heterocycles. The van der Waals surface area contributed by atoms with Crippen molar-refractivity contribution in [3.63, 3.8) is 0 Å². The van der Waals surface area contributed by atoms with Crippen molar-refractivity contribution in [2.75, 3.05) is 0 Å². The van der Waals surface area contributed by atoms with E-state index in [1.165, 1.54) is 20.7 Å². The highest BCUT2D eigenvalue weighted by Gasteiger charge is 2.48. The van der Waals surface area contributed by atoms with Gasteiger partial charge < -0.3 is 13.7 Å². The van der Waals surface area contributed by atoms with Gasteiger partial charge in [0.25, 0.3) is 0 Å². The molecule has 10 rings (SSSR count). The lowest BCUT2D eigenvalue weighted by Gasteiger charge is -2.39. The Balaban J connectivity index is 1.34. The van der Waals surface area contributed by atoms with E-state index in [1.54, 1.807) is 0 Å². The molecule has 0 saturated heterocycles. The molecule has 7 aromatic carbocycles. The van der Waals surface area contributed by atoms with E-state index in [2.05, 4.69) is 150 Å². The third-order valence-electron chi connectivity index (χ3n) is 9.61. The summed E-state index contributed by atoms with van der Waals surface area (Å²) < 4.78 is 15.6. The Hall–Kier alpha value is -6.02. The number of benzene rings is 6. The van der Waals surface area contributed by atoms with Crippen molar-refractivity contribution in [3.05, 3.63) is 164 Å². The summed E-state index contributed by atoms with van der Waals surface area (Å²) in [7, 11) is -2.81. The zero-order valence-electron chi connectivity index (χ0n) is 24.7. The van der Waals surface area contributed by atoms with Gasteiger partial charge in [-0.2, -0.15) is 0 Å². The minimum Gasteiger partial charge on any atom is -0.457 e. The van der Waals surface area contributed by atoms with E-state index in [1.807, 2.05) is 18.2 Å². The first-order valence-electron chi connectivity index (χ1n) is 15.5. The van der Waals surface area contributed by atoms with Crippen LogP contribution in [0.25, 0.3) is 49.4 Å². The fraction of sp³-hybridized carbons (Fsp3) is 0. The number of fused-ring (bicyclic) bond motifs is 9. The minimum atomic E-state index is -2.81. The lowest BCUT2D eigenvalue weighted by atomic mass is 10.1. The molecule has 214 valence electrons. The van der Waals surface area contributed by atoms with Gasteiger partial charge in [-0.3, -0.25) is 0 Å². The van der Waals surface area contributed by atoms with Gasteiger partial charge in [0.2, 0.25) is 0 Å². The highest BCUT2D eigenvalue weighted by Crippen LogP contribution is 2.42. The lowest BCUT2D eigenvalue weighted by Crippen LogP contribution is -2.76. The van der Waals surface area contributed by atoms with Crippen LogP contribution in [0.1, 0.15) is 0 Å². The Morgan fingerprint density at radius 2 is 1.33 bits per heavy atom. The molecule has 0 aliphatic carbocycles. The maximum atomic E-state index is 7.05. The number of para-hydroxylation sites is 3. The number of rotatable bonds is 3. The molecule has 0 N–H and O–H groups in total. The molecule has 0 bridgehead atoms. The van der Waals surface area contributed by atoms with Crippen LogP contribution in [0.15, 0.2) is 156 Å². The second-order valence-corrected chi connectivity index (χ2v) is 15.6. The first-order valence-corrected chi connectivity index (χ1v) is 17.5. The maximum absolute atomic E-state index is 7.05. The van der Waals surface area contributed by atoms with Crippen molar-refractivity contribution in [2.45, 2.75) is 0 Å². The zero-order chi connectivity index (χ0) is 30.2. The summed E-state index contributed by atoms with van der Waals surface area (Å²) in [5, 5.41) is 9.57. The Labute approximate surface area is 266 Å². The third kappa shape index (κ3) is 3.32. The molecular weight excluding hydrogens is 579 g/mol. The molecule has 1 aliphatic heterocycles. The molecule has 0 amide bonds. The van der Waals surface area contributed by atoms with Crippen LogP contribution in [-0.2, 0) is 0 Å². The van der Waals surface area contributed by atoms with Gasteiger partial charge in [-0.1, -0.05) is 109 Å². The molecule has 46 heavy (non-hydrogen) atoms. The average molecular weight is 604 g/mol. The highest BCUT2D eigenvalue weighted by molar-refractivity contribution is 7.20. The van der Waals surface area contributed by atoms with Crippen molar-refractivity contribution in [2.24, 2.45) is 0 Å². The molecule has 2 aromatic heterocycles. The van der Waals surface area contributed by atoms with Gasteiger partial charge in [-0.05, 0) is 75.3 Å². The van der Waals surface area contributed by atoms with Crippen molar-refractivity contribution >= 4 is 72.6 Å². The summed E-state index contributed by atoms with van der Waals surface area (Å²) in [5.41, 5.74) is 5.11. The quantitative estimate of drug-likeness (QED) is 0.193. The molecule has 3 nitrogen and oxygen atoms in total. The average Bonchev–Trinajstić information content (AvgIpc) is 3.67. The summed E-state index contributed by atoms with van der Waals surface area (Å²) in [6, 6.07) is 60.4. The van der Waals surface area contributed by atoms with Gasteiger partial charge in [0, 0.05) is 21.8 Å². The van der Waals surface area contributed by atoms with Gasteiger partial charge in [0.15, 0.2) is 8.07 Å². The second kappa shape index (κ2) is 9.49. The van der Waals surface area contributed by atoms with Crippen LogP contribution < -0.4 is 25.5 Å². The van der Waals surface area contributed by atoms with Crippen molar-refractivity contribution in [1.82, 2.24) is 4.57 Å². The van der Waals surface area contributed by atoms with E-state index >= 15 is 0 Å². The molecule has 0 radical (unpaired) electrons. The van der Waals surface area contributed by atoms with Crippen LogP contribution in [0, 0.1) is 12.1 Å². The SMILES string of the molecule is c1ccc([Si]2(c3ccccc3)c3ccccc3Oc3c2ccc2c3c3ccccc3n2-c2ccc3oc4ccccc4c3c2)cc#1. The van der Waals surface area contributed by atoms with Gasteiger partial charge >= 0.3 is 0 Å². The van der Waals surface area contributed by atoms with Crippen LogP contribution in [0.5, 0.6) is 11.5 Å². The second-order valence-electron chi connectivity index (χ2n) is 11.9. The van der Waals surface area contributed by atoms with Gasteiger partial charge in [0.1, 0.15) is 22.7 Å². The summed E-state index contributed by atoms with van der Waals surface area (Å²) in [6.07, 6.45) is 0. The van der Waals surface area contributed by atoms with Crippen LogP contribution >= 0.6 is 0 Å². The predicted octanol–water partition coefficient (Wildman–Crippen LogP) is 7.77. The first-order chi connectivity index (χ1) is 22.8. The molecule has 1 atom stereocenters. The van der Waals surface area contributed by atoms with E-state index in [0.717, 1.165) is 60.9 Å². The number of hydrogen-bond acceptors (Lipinski definition) is 2. The van der Waals surface area contributed by atoms with E-state index in [0.29, 0.717) is 0 Å². The summed E-state index contributed by atoms with van der Waals surface area (Å²) in [6.45, 7) is 0. The summed E-state index contributed by atoms with van der Waals surface area (Å²) in [5.74, 6) is 1.85. The van der Waals surface area contributed by atoms with E-state index in [9.17, 15) is 0 Å². The maximum Gasteiger partial charge on any atom is 0.188 e. The largest absolute Gasteiger partial charge is 0.457 e. The van der Waals surface area contributed by atoms with Crippen LogP contribution in [0.3, 0.4) is 0 Å². The Bertz CT molecular complexity index is 2580. The van der Waals surface area contributed by atoms with Gasteiger partial charge in [-0.25, -0.2) is 0 Å². The number of furan rings is 1. The summed E-state index contributed by atoms with van der Waals surface area (Å²) >= 11 is 0. The van der Waals surface area contributed by atoms with Crippen molar-refractivity contribution in [1.29, 1.82) is 0 Å². The standard InChI is InChI=1S/C42H25NO2Si/c1-3-13-29(14-4-1)46(30-15-5-2-6-16-30)39-22-12-11-21-38(39)45-42-40(46)26-24-35-41(42)32-18-7-9-19-34(32)43(35)28-23-25-37-33(27-28)31-17-8-10-20-36(31)44-37/h1,3-5,7-27H. The van der Waals surface area contributed by atoms with Crippen molar-refractivity contribution in [3.8, 4) is 17.2 Å².